The second-order valence-electron chi connectivity index (χ2n) is 4.59. The lowest BCUT2D eigenvalue weighted by Crippen LogP contribution is -2.45. The van der Waals surface area contributed by atoms with Gasteiger partial charge in [-0.2, -0.15) is 0 Å². The molecule has 0 heterocycles. The Balaban J connectivity index is 3.11. The molecule has 114 valence electrons. The summed E-state index contributed by atoms with van der Waals surface area (Å²) in [5.41, 5.74) is -0.688. The van der Waals surface area contributed by atoms with Gasteiger partial charge in [0.25, 0.3) is 11.6 Å². The minimum Gasteiger partial charge on any atom is -0.480 e. The number of carbonyl (C=O) groups is 2. The Bertz CT molecular complexity index is 576. The second-order valence-corrected chi connectivity index (χ2v) is 5.03. The van der Waals surface area contributed by atoms with E-state index in [1.807, 2.05) is 0 Å². The number of hydrogen-bond donors (Lipinski definition) is 2. The summed E-state index contributed by atoms with van der Waals surface area (Å²) in [5, 5.41) is 22.5. The lowest BCUT2D eigenvalue weighted by molar-refractivity contribution is -0.385. The first-order chi connectivity index (χ1) is 9.77. The maximum atomic E-state index is 12.1. The van der Waals surface area contributed by atoms with Crippen LogP contribution >= 0.6 is 11.6 Å². The fraction of sp³-hybridized carbons (Fsp3) is 0.385. The number of carboxylic acids is 1. The van der Waals surface area contributed by atoms with E-state index in [9.17, 15) is 19.7 Å². The van der Waals surface area contributed by atoms with Crippen LogP contribution in [0.1, 0.15) is 30.6 Å². The third-order valence-corrected chi connectivity index (χ3v) is 3.40. The van der Waals surface area contributed by atoms with Gasteiger partial charge < -0.3 is 10.4 Å². The van der Waals surface area contributed by atoms with Gasteiger partial charge in [0, 0.05) is 11.1 Å². The van der Waals surface area contributed by atoms with Crippen LogP contribution in [0.4, 0.5) is 5.69 Å². The van der Waals surface area contributed by atoms with Crippen molar-refractivity contribution in [2.75, 3.05) is 0 Å². The number of benzene rings is 1. The van der Waals surface area contributed by atoms with E-state index in [0.717, 1.165) is 12.1 Å². The van der Waals surface area contributed by atoms with Gasteiger partial charge in [-0.3, -0.25) is 14.9 Å². The van der Waals surface area contributed by atoms with Crippen molar-refractivity contribution in [2.45, 2.75) is 26.3 Å². The van der Waals surface area contributed by atoms with Gasteiger partial charge in [-0.25, -0.2) is 4.79 Å². The van der Waals surface area contributed by atoms with Gasteiger partial charge in [-0.1, -0.05) is 31.9 Å². The molecular formula is C13H15ClN2O5. The highest BCUT2D eigenvalue weighted by Gasteiger charge is 2.28. The van der Waals surface area contributed by atoms with E-state index in [0.29, 0.717) is 6.42 Å². The molecule has 0 radical (unpaired) electrons. The molecule has 1 aromatic rings. The predicted octanol–water partition coefficient (Wildman–Crippen LogP) is 2.48. The monoisotopic (exact) mass is 314 g/mol. The number of halogens is 1. The first-order valence-electron chi connectivity index (χ1n) is 6.25. The minimum atomic E-state index is -1.19. The zero-order chi connectivity index (χ0) is 16.2. The van der Waals surface area contributed by atoms with E-state index in [4.69, 9.17) is 16.7 Å². The molecular weight excluding hydrogens is 300 g/mol. The Morgan fingerprint density at radius 3 is 2.57 bits per heavy atom. The molecule has 0 aliphatic heterocycles. The molecule has 0 aliphatic rings. The number of carbonyl (C=O) groups excluding carboxylic acids is 1. The zero-order valence-corrected chi connectivity index (χ0v) is 12.3. The van der Waals surface area contributed by atoms with Crippen molar-refractivity contribution in [1.29, 1.82) is 0 Å². The highest BCUT2D eigenvalue weighted by Crippen LogP contribution is 2.23. The number of nitro benzene ring substituents is 1. The fourth-order valence-electron chi connectivity index (χ4n) is 1.75. The van der Waals surface area contributed by atoms with Crippen LogP contribution in [0.25, 0.3) is 0 Å². The van der Waals surface area contributed by atoms with Crippen LogP contribution in [0.15, 0.2) is 18.2 Å². The van der Waals surface area contributed by atoms with Crippen LogP contribution in [0, 0.1) is 16.0 Å². The van der Waals surface area contributed by atoms with Crippen molar-refractivity contribution in [3.63, 3.8) is 0 Å². The van der Waals surface area contributed by atoms with Crippen molar-refractivity contribution >= 4 is 29.2 Å². The molecule has 2 N–H and O–H groups in total. The van der Waals surface area contributed by atoms with Crippen LogP contribution in [0.3, 0.4) is 0 Å². The first kappa shape index (κ1) is 16.9. The van der Waals surface area contributed by atoms with Crippen molar-refractivity contribution in [1.82, 2.24) is 5.32 Å². The smallest absolute Gasteiger partial charge is 0.326 e. The Hall–Kier alpha value is -2.15. The summed E-state index contributed by atoms with van der Waals surface area (Å²) in [6.07, 6.45) is 0.537. The summed E-state index contributed by atoms with van der Waals surface area (Å²) in [4.78, 5) is 33.5. The predicted molar refractivity (Wildman–Crippen MR) is 76.5 cm³/mol. The number of hydrogen-bond acceptors (Lipinski definition) is 4. The lowest BCUT2D eigenvalue weighted by atomic mass is 9.99. The maximum absolute atomic E-state index is 12.1. The number of aliphatic carboxylic acids is 1. The van der Waals surface area contributed by atoms with Crippen molar-refractivity contribution in [2.24, 2.45) is 5.92 Å². The van der Waals surface area contributed by atoms with Gasteiger partial charge in [0.05, 0.1) is 4.92 Å². The average molecular weight is 315 g/mol. The minimum absolute atomic E-state index is 0.154. The molecule has 8 heteroatoms. The second kappa shape index (κ2) is 7.03. The fourth-order valence-corrected chi connectivity index (χ4v) is 1.92. The quantitative estimate of drug-likeness (QED) is 0.619. The molecule has 0 spiro atoms. The summed E-state index contributed by atoms with van der Waals surface area (Å²) >= 11 is 5.74. The molecule has 21 heavy (non-hydrogen) atoms. The molecule has 1 aromatic carbocycles. The van der Waals surface area contributed by atoms with Gasteiger partial charge >= 0.3 is 5.97 Å². The summed E-state index contributed by atoms with van der Waals surface area (Å²) in [7, 11) is 0. The summed E-state index contributed by atoms with van der Waals surface area (Å²) in [5.74, 6) is -2.34. The van der Waals surface area contributed by atoms with Crippen LogP contribution in [-0.2, 0) is 4.79 Å². The highest BCUT2D eigenvalue weighted by atomic mass is 35.5. The number of amides is 1. The van der Waals surface area contributed by atoms with E-state index >= 15 is 0 Å². The van der Waals surface area contributed by atoms with E-state index in [1.54, 1.807) is 13.8 Å². The standard InChI is InChI=1S/C13H15ClN2O5/c1-3-7(2)11(13(18)19)15-12(17)9-6-8(14)4-5-10(9)16(20)21/h4-7,11H,3H2,1-2H3,(H,15,17)(H,18,19)/t7-,11-/m0/s1. The van der Waals surface area contributed by atoms with Crippen LogP contribution < -0.4 is 5.32 Å². The number of nitrogens with zero attached hydrogens (tertiary/aromatic N) is 1. The Labute approximate surface area is 126 Å². The molecule has 7 nitrogen and oxygen atoms in total. The Kier molecular flexibility index (Phi) is 5.66. The first-order valence-corrected chi connectivity index (χ1v) is 6.63. The van der Waals surface area contributed by atoms with E-state index in [2.05, 4.69) is 5.32 Å². The van der Waals surface area contributed by atoms with E-state index in [1.165, 1.54) is 6.07 Å². The summed E-state index contributed by atoms with van der Waals surface area (Å²) < 4.78 is 0. The van der Waals surface area contributed by atoms with Crippen LogP contribution in [-0.4, -0.2) is 27.9 Å². The molecule has 0 unspecified atom stereocenters. The molecule has 0 bridgehead atoms. The third kappa shape index (κ3) is 4.16. The largest absolute Gasteiger partial charge is 0.480 e. The van der Waals surface area contributed by atoms with Crippen molar-refractivity contribution in [3.05, 3.63) is 38.9 Å². The SMILES string of the molecule is CC[C@H](C)[C@H](NC(=O)c1cc(Cl)ccc1[N+](=O)[O-])C(=O)O. The molecule has 0 aliphatic carbocycles. The molecule has 0 saturated heterocycles. The third-order valence-electron chi connectivity index (χ3n) is 3.17. The molecule has 1 amide bonds. The topological polar surface area (TPSA) is 110 Å². The Morgan fingerprint density at radius 1 is 1.48 bits per heavy atom. The normalized spacial score (nSPS) is 13.3. The van der Waals surface area contributed by atoms with Gasteiger partial charge in [0.1, 0.15) is 11.6 Å². The summed E-state index contributed by atoms with van der Waals surface area (Å²) in [6, 6.07) is 2.42. The summed E-state index contributed by atoms with van der Waals surface area (Å²) in [6.45, 7) is 3.46. The maximum Gasteiger partial charge on any atom is 0.326 e. The van der Waals surface area contributed by atoms with E-state index < -0.39 is 28.5 Å². The zero-order valence-electron chi connectivity index (χ0n) is 11.5. The number of carboxylic acid groups (broad SMARTS) is 1. The Morgan fingerprint density at radius 2 is 2.10 bits per heavy atom. The van der Waals surface area contributed by atoms with Crippen LogP contribution in [0.2, 0.25) is 5.02 Å². The molecule has 1 rings (SSSR count). The van der Waals surface area contributed by atoms with Gasteiger partial charge in [-0.15, -0.1) is 0 Å². The van der Waals surface area contributed by atoms with Crippen LogP contribution in [0.5, 0.6) is 0 Å². The van der Waals surface area contributed by atoms with Crippen molar-refractivity contribution in [3.8, 4) is 0 Å². The van der Waals surface area contributed by atoms with E-state index in [-0.39, 0.29) is 16.5 Å². The number of rotatable bonds is 6. The molecule has 0 saturated carbocycles. The molecule has 0 aromatic heterocycles. The molecule has 0 fully saturated rings. The lowest BCUT2D eigenvalue weighted by Gasteiger charge is -2.20. The van der Waals surface area contributed by atoms with Crippen molar-refractivity contribution < 1.29 is 19.6 Å². The van der Waals surface area contributed by atoms with Gasteiger partial charge in [-0.05, 0) is 18.1 Å². The average Bonchev–Trinajstić information content (AvgIpc) is 2.42. The number of nitro groups is 1. The van der Waals surface area contributed by atoms with Gasteiger partial charge in [0.15, 0.2) is 0 Å². The van der Waals surface area contributed by atoms with Gasteiger partial charge in [0.2, 0.25) is 0 Å². The molecule has 2 atom stereocenters. The highest BCUT2D eigenvalue weighted by molar-refractivity contribution is 6.31. The number of nitrogens with one attached hydrogen (secondary N) is 1.